The van der Waals surface area contributed by atoms with Crippen LogP contribution in [-0.2, 0) is 4.79 Å². The van der Waals surface area contributed by atoms with Gasteiger partial charge < -0.3 is 4.74 Å². The van der Waals surface area contributed by atoms with Crippen LogP contribution in [0, 0.1) is 0 Å². The van der Waals surface area contributed by atoms with Crippen LogP contribution in [0.3, 0.4) is 0 Å². The lowest BCUT2D eigenvalue weighted by Gasteiger charge is -2.09. The van der Waals surface area contributed by atoms with Crippen molar-refractivity contribution in [3.8, 4) is 17.0 Å². The van der Waals surface area contributed by atoms with Gasteiger partial charge in [0.05, 0.1) is 11.8 Å². The maximum Gasteiger partial charge on any atom is 0.471 e. The van der Waals surface area contributed by atoms with Crippen LogP contribution in [-0.4, -0.2) is 23.2 Å². The summed E-state index contributed by atoms with van der Waals surface area (Å²) >= 11 is 0.929. The van der Waals surface area contributed by atoms with Crippen LogP contribution in [0.1, 0.15) is 13.8 Å². The summed E-state index contributed by atoms with van der Waals surface area (Å²) in [5, 5.41) is 3.20. The number of alkyl halides is 3. The molecule has 1 heterocycles. The van der Waals surface area contributed by atoms with Crippen molar-refractivity contribution in [1.29, 1.82) is 0 Å². The van der Waals surface area contributed by atoms with E-state index in [0.29, 0.717) is 11.4 Å². The fourth-order valence-electron chi connectivity index (χ4n) is 1.61. The Morgan fingerprint density at radius 2 is 1.91 bits per heavy atom. The summed E-state index contributed by atoms with van der Waals surface area (Å²) in [6.07, 6.45) is -4.88. The zero-order valence-electron chi connectivity index (χ0n) is 11.8. The number of nitrogens with one attached hydrogen (secondary N) is 1. The summed E-state index contributed by atoms with van der Waals surface area (Å²) in [4.78, 5) is 14.8. The molecule has 0 fully saturated rings. The maximum atomic E-state index is 12.2. The number of rotatable bonds is 4. The van der Waals surface area contributed by atoms with Crippen molar-refractivity contribution in [3.05, 3.63) is 29.6 Å². The Morgan fingerprint density at radius 3 is 2.45 bits per heavy atom. The van der Waals surface area contributed by atoms with E-state index in [-0.39, 0.29) is 11.2 Å². The average Bonchev–Trinajstić information content (AvgIpc) is 2.86. The Labute approximate surface area is 128 Å². The van der Waals surface area contributed by atoms with Gasteiger partial charge in [0.1, 0.15) is 5.75 Å². The van der Waals surface area contributed by atoms with Crippen molar-refractivity contribution in [1.82, 2.24) is 4.98 Å². The lowest BCUT2D eigenvalue weighted by Crippen LogP contribution is -2.29. The van der Waals surface area contributed by atoms with E-state index in [1.807, 2.05) is 13.8 Å². The third kappa shape index (κ3) is 4.20. The summed E-state index contributed by atoms with van der Waals surface area (Å²) in [6.45, 7) is 3.81. The lowest BCUT2D eigenvalue weighted by molar-refractivity contribution is -0.167. The first-order valence-corrected chi connectivity index (χ1v) is 7.24. The van der Waals surface area contributed by atoms with Crippen molar-refractivity contribution < 1.29 is 22.7 Å². The van der Waals surface area contributed by atoms with Gasteiger partial charge in [0.15, 0.2) is 5.13 Å². The summed E-state index contributed by atoms with van der Waals surface area (Å²) in [5.41, 5.74) is 1.21. The number of carbonyl (C=O) groups is 1. The van der Waals surface area contributed by atoms with Gasteiger partial charge in [0.25, 0.3) is 0 Å². The third-order valence-corrected chi connectivity index (χ3v) is 3.26. The SMILES string of the molecule is CC(C)Oc1ccc(-c2csc(NC(=O)C(F)(F)F)n2)cc1. The summed E-state index contributed by atoms with van der Waals surface area (Å²) in [5.74, 6) is -1.34. The molecule has 0 spiro atoms. The molecule has 0 unspecified atom stereocenters. The number of halogens is 3. The van der Waals surface area contributed by atoms with Crippen LogP contribution in [0.5, 0.6) is 5.75 Å². The molecule has 4 nitrogen and oxygen atoms in total. The van der Waals surface area contributed by atoms with Gasteiger partial charge >= 0.3 is 12.1 Å². The quantitative estimate of drug-likeness (QED) is 0.918. The van der Waals surface area contributed by atoms with Crippen molar-refractivity contribution in [2.75, 3.05) is 5.32 Å². The predicted octanol–water partition coefficient (Wildman–Crippen LogP) is 4.10. The highest BCUT2D eigenvalue weighted by Gasteiger charge is 2.39. The predicted molar refractivity (Wildman–Crippen MR) is 78.0 cm³/mol. The Bertz CT molecular complexity index is 651. The largest absolute Gasteiger partial charge is 0.491 e. The Hall–Kier alpha value is -2.09. The molecule has 2 aromatic rings. The van der Waals surface area contributed by atoms with E-state index in [9.17, 15) is 18.0 Å². The second kappa shape index (κ2) is 6.35. The molecule has 8 heteroatoms. The molecular weight excluding hydrogens is 317 g/mol. The van der Waals surface area contributed by atoms with Crippen LogP contribution in [0.4, 0.5) is 18.3 Å². The molecule has 1 aromatic carbocycles. The molecule has 1 N–H and O–H groups in total. The van der Waals surface area contributed by atoms with Crippen LogP contribution < -0.4 is 10.1 Å². The molecule has 0 bridgehead atoms. The van der Waals surface area contributed by atoms with Crippen molar-refractivity contribution in [2.24, 2.45) is 0 Å². The summed E-state index contributed by atoms with van der Waals surface area (Å²) in [6, 6.07) is 7.01. The molecule has 118 valence electrons. The van der Waals surface area contributed by atoms with Crippen LogP contribution in [0.15, 0.2) is 29.6 Å². The molecule has 0 radical (unpaired) electrons. The Morgan fingerprint density at radius 1 is 1.27 bits per heavy atom. The molecule has 0 aliphatic carbocycles. The molecule has 22 heavy (non-hydrogen) atoms. The number of aromatic nitrogens is 1. The van der Waals surface area contributed by atoms with Crippen molar-refractivity contribution in [2.45, 2.75) is 26.1 Å². The van der Waals surface area contributed by atoms with E-state index in [2.05, 4.69) is 4.98 Å². The minimum Gasteiger partial charge on any atom is -0.491 e. The van der Waals surface area contributed by atoms with E-state index < -0.39 is 12.1 Å². The van der Waals surface area contributed by atoms with Gasteiger partial charge in [-0.3, -0.25) is 10.1 Å². The van der Waals surface area contributed by atoms with Crippen molar-refractivity contribution >= 4 is 22.4 Å². The molecule has 0 aliphatic heterocycles. The fraction of sp³-hybridized carbons (Fsp3) is 0.286. The number of nitrogens with zero attached hydrogens (tertiary/aromatic N) is 1. The van der Waals surface area contributed by atoms with Gasteiger partial charge in [0.2, 0.25) is 0 Å². The standard InChI is InChI=1S/C14H13F3N2O2S/c1-8(2)21-10-5-3-9(4-6-10)11-7-22-13(18-11)19-12(20)14(15,16)17/h3-8H,1-2H3,(H,18,19,20). The molecule has 2 rings (SSSR count). The first-order valence-electron chi connectivity index (χ1n) is 6.36. The number of carbonyl (C=O) groups excluding carboxylic acids is 1. The molecular formula is C14H13F3N2O2S. The fourth-order valence-corrected chi connectivity index (χ4v) is 2.32. The minimum absolute atomic E-state index is 0.0503. The second-order valence-electron chi connectivity index (χ2n) is 4.68. The van der Waals surface area contributed by atoms with E-state index >= 15 is 0 Å². The van der Waals surface area contributed by atoms with Gasteiger partial charge in [-0.05, 0) is 38.1 Å². The zero-order chi connectivity index (χ0) is 16.3. The normalized spacial score (nSPS) is 11.5. The topological polar surface area (TPSA) is 51.2 Å². The highest BCUT2D eigenvalue weighted by atomic mass is 32.1. The summed E-state index contributed by atoms with van der Waals surface area (Å²) in [7, 11) is 0. The molecule has 0 saturated heterocycles. The Balaban J connectivity index is 2.09. The van der Waals surface area contributed by atoms with Gasteiger partial charge in [-0.15, -0.1) is 11.3 Å². The number of amides is 1. The smallest absolute Gasteiger partial charge is 0.471 e. The first kappa shape index (κ1) is 16.3. The monoisotopic (exact) mass is 330 g/mol. The second-order valence-corrected chi connectivity index (χ2v) is 5.54. The van der Waals surface area contributed by atoms with E-state index in [1.54, 1.807) is 35.0 Å². The van der Waals surface area contributed by atoms with Crippen LogP contribution in [0.2, 0.25) is 0 Å². The highest BCUT2D eigenvalue weighted by molar-refractivity contribution is 7.14. The number of ether oxygens (including phenoxy) is 1. The average molecular weight is 330 g/mol. The highest BCUT2D eigenvalue weighted by Crippen LogP contribution is 2.28. The van der Waals surface area contributed by atoms with E-state index in [0.717, 1.165) is 16.9 Å². The lowest BCUT2D eigenvalue weighted by atomic mass is 10.2. The van der Waals surface area contributed by atoms with Gasteiger partial charge in [-0.2, -0.15) is 13.2 Å². The van der Waals surface area contributed by atoms with Crippen LogP contribution >= 0.6 is 11.3 Å². The van der Waals surface area contributed by atoms with E-state index in [4.69, 9.17) is 4.74 Å². The van der Waals surface area contributed by atoms with Crippen LogP contribution in [0.25, 0.3) is 11.3 Å². The minimum atomic E-state index is -4.93. The molecule has 1 aromatic heterocycles. The van der Waals surface area contributed by atoms with E-state index in [1.165, 1.54) is 0 Å². The Kier molecular flexibility index (Phi) is 4.70. The molecule has 1 amide bonds. The maximum absolute atomic E-state index is 12.2. The number of anilines is 1. The number of benzene rings is 1. The van der Waals surface area contributed by atoms with Gasteiger partial charge in [-0.25, -0.2) is 4.98 Å². The zero-order valence-corrected chi connectivity index (χ0v) is 12.6. The molecule has 0 saturated carbocycles. The van der Waals surface area contributed by atoms with Gasteiger partial charge in [0, 0.05) is 10.9 Å². The first-order chi connectivity index (χ1) is 10.3. The molecule has 0 aliphatic rings. The van der Waals surface area contributed by atoms with Gasteiger partial charge in [-0.1, -0.05) is 0 Å². The molecule has 0 atom stereocenters. The number of hydrogen-bond donors (Lipinski definition) is 1. The third-order valence-electron chi connectivity index (χ3n) is 2.50. The van der Waals surface area contributed by atoms with Crippen molar-refractivity contribution in [3.63, 3.8) is 0 Å². The number of thiazole rings is 1. The summed E-state index contributed by atoms with van der Waals surface area (Å²) < 4.78 is 42.0. The number of hydrogen-bond acceptors (Lipinski definition) is 4.